The molecular weight excluding hydrogens is 218 g/mol. The van der Waals surface area contributed by atoms with Gasteiger partial charge in [0.05, 0.1) is 5.69 Å². The lowest BCUT2D eigenvalue weighted by molar-refractivity contribution is 1.52. The Morgan fingerprint density at radius 3 is 2.47 bits per heavy atom. The van der Waals surface area contributed by atoms with Crippen LogP contribution in [0.1, 0.15) is 6.42 Å². The van der Waals surface area contributed by atoms with E-state index in [2.05, 4.69) is 48.0 Å². The van der Waals surface area contributed by atoms with Gasteiger partial charge in [0.15, 0.2) is 0 Å². The molecular formula is C12H17NSSi. The molecule has 1 aliphatic carbocycles. The van der Waals surface area contributed by atoms with E-state index in [1.807, 2.05) is 18.2 Å². The molecule has 0 bridgehead atoms. The first-order valence-electron chi connectivity index (χ1n) is 5.35. The SMILES string of the molecule is C[Si](C)(C)SC1C/C1=N\c1ccccc1. The molecule has 1 unspecified atom stereocenters. The highest BCUT2D eigenvalue weighted by atomic mass is 32.4. The van der Waals surface area contributed by atoms with Crippen LogP contribution in [0.5, 0.6) is 0 Å². The van der Waals surface area contributed by atoms with Crippen molar-refractivity contribution in [2.24, 2.45) is 4.99 Å². The second-order valence-corrected chi connectivity index (χ2v) is 14.3. The lowest BCUT2D eigenvalue weighted by atomic mass is 10.3. The van der Waals surface area contributed by atoms with E-state index in [-0.39, 0.29) is 0 Å². The second-order valence-electron chi connectivity index (χ2n) is 4.86. The molecule has 0 aliphatic heterocycles. The maximum atomic E-state index is 4.65. The molecule has 0 saturated heterocycles. The Hall–Kier alpha value is -0.543. The second kappa shape index (κ2) is 4.14. The van der Waals surface area contributed by atoms with Crippen molar-refractivity contribution < 1.29 is 0 Å². The predicted octanol–water partition coefficient (Wildman–Crippen LogP) is 4.10. The van der Waals surface area contributed by atoms with Crippen molar-refractivity contribution in [3.8, 4) is 0 Å². The third-order valence-electron chi connectivity index (χ3n) is 2.13. The van der Waals surface area contributed by atoms with Gasteiger partial charge in [0.1, 0.15) is 7.22 Å². The summed E-state index contributed by atoms with van der Waals surface area (Å²) in [5, 5.41) is 0.719. The van der Waals surface area contributed by atoms with Crippen molar-refractivity contribution in [3.05, 3.63) is 30.3 Å². The minimum absolute atomic E-state index is 0.719. The fourth-order valence-electron chi connectivity index (χ4n) is 1.45. The third-order valence-corrected chi connectivity index (χ3v) is 6.54. The first-order valence-corrected chi connectivity index (χ1v) is 10.5. The molecule has 1 atom stereocenters. The number of nitrogens with zero attached hydrogens (tertiary/aromatic N) is 1. The summed E-state index contributed by atoms with van der Waals surface area (Å²) in [5.41, 5.74) is 2.49. The predicted molar refractivity (Wildman–Crippen MR) is 72.9 cm³/mol. The van der Waals surface area contributed by atoms with Crippen molar-refractivity contribution in [1.29, 1.82) is 0 Å². The van der Waals surface area contributed by atoms with Gasteiger partial charge in [0.25, 0.3) is 0 Å². The van der Waals surface area contributed by atoms with Crippen LogP contribution < -0.4 is 0 Å². The summed E-state index contributed by atoms with van der Waals surface area (Å²) >= 11 is 2.16. The maximum absolute atomic E-state index is 4.65. The summed E-state index contributed by atoms with van der Waals surface area (Å²) in [6.45, 7) is 7.20. The zero-order valence-electron chi connectivity index (χ0n) is 9.53. The molecule has 0 spiro atoms. The van der Waals surface area contributed by atoms with Gasteiger partial charge in [-0.05, 0) is 12.1 Å². The van der Waals surface area contributed by atoms with Crippen LogP contribution in [0.4, 0.5) is 5.69 Å². The number of para-hydroxylation sites is 1. The molecule has 15 heavy (non-hydrogen) atoms. The van der Waals surface area contributed by atoms with E-state index in [0.717, 1.165) is 10.9 Å². The van der Waals surface area contributed by atoms with Gasteiger partial charge in [0, 0.05) is 17.4 Å². The molecule has 1 aromatic carbocycles. The van der Waals surface area contributed by atoms with Gasteiger partial charge < -0.3 is 0 Å². The van der Waals surface area contributed by atoms with Crippen LogP contribution in [0, 0.1) is 0 Å². The molecule has 0 aromatic heterocycles. The fraction of sp³-hybridized carbons (Fsp3) is 0.417. The lowest BCUT2D eigenvalue weighted by Crippen LogP contribution is -2.15. The average Bonchev–Trinajstić information content (AvgIpc) is 2.82. The number of hydrogen-bond acceptors (Lipinski definition) is 2. The van der Waals surface area contributed by atoms with E-state index in [9.17, 15) is 0 Å². The van der Waals surface area contributed by atoms with E-state index >= 15 is 0 Å². The molecule has 0 radical (unpaired) electrons. The summed E-state index contributed by atoms with van der Waals surface area (Å²) in [6.07, 6.45) is 1.20. The zero-order valence-corrected chi connectivity index (χ0v) is 11.3. The minimum Gasteiger partial charge on any atom is -0.257 e. The molecule has 2 rings (SSSR count). The summed E-state index contributed by atoms with van der Waals surface area (Å²) in [6, 6.07) is 10.3. The van der Waals surface area contributed by atoms with Crippen molar-refractivity contribution in [1.82, 2.24) is 0 Å². The van der Waals surface area contributed by atoms with E-state index in [0.29, 0.717) is 0 Å². The van der Waals surface area contributed by atoms with E-state index in [4.69, 9.17) is 0 Å². The van der Waals surface area contributed by atoms with Gasteiger partial charge in [-0.25, -0.2) is 0 Å². The van der Waals surface area contributed by atoms with E-state index in [1.165, 1.54) is 12.1 Å². The standard InChI is InChI=1S/C12H17NSSi/c1-15(2,3)14-12-9-11(12)13-10-7-5-4-6-8-10/h4-8,12H,9H2,1-3H3/b13-11+. The monoisotopic (exact) mass is 235 g/mol. The highest BCUT2D eigenvalue weighted by Crippen LogP contribution is 2.39. The van der Waals surface area contributed by atoms with Crippen LogP contribution in [-0.4, -0.2) is 18.2 Å². The summed E-state index contributed by atoms with van der Waals surface area (Å²) in [7, 11) is -0.981. The molecule has 3 heteroatoms. The number of aliphatic imine (C=N–C) groups is 1. The number of benzene rings is 1. The molecule has 0 N–H and O–H groups in total. The van der Waals surface area contributed by atoms with Crippen LogP contribution in [0.15, 0.2) is 35.3 Å². The van der Waals surface area contributed by atoms with Gasteiger partial charge in [-0.1, -0.05) is 37.8 Å². The number of hydrogen-bond donors (Lipinski definition) is 0. The first kappa shape index (κ1) is 11.0. The first-order chi connectivity index (χ1) is 7.04. The fourth-order valence-corrected chi connectivity index (χ4v) is 5.97. The average molecular weight is 235 g/mol. The van der Waals surface area contributed by atoms with E-state index in [1.54, 1.807) is 0 Å². The summed E-state index contributed by atoms with van der Waals surface area (Å²) in [4.78, 5) is 4.65. The van der Waals surface area contributed by atoms with Crippen LogP contribution in [0.25, 0.3) is 0 Å². The van der Waals surface area contributed by atoms with Gasteiger partial charge in [-0.3, -0.25) is 4.99 Å². The normalized spacial score (nSPS) is 23.1. The molecule has 1 aliphatic rings. The smallest absolute Gasteiger partial charge is 0.109 e. The molecule has 1 nitrogen and oxygen atoms in total. The van der Waals surface area contributed by atoms with Gasteiger partial charge in [-0.15, -0.1) is 0 Å². The Balaban J connectivity index is 1.97. The molecule has 0 amide bonds. The molecule has 1 aromatic rings. The highest BCUT2D eigenvalue weighted by Gasteiger charge is 2.36. The maximum Gasteiger partial charge on any atom is 0.109 e. The minimum atomic E-state index is -0.981. The van der Waals surface area contributed by atoms with Crippen LogP contribution in [0.3, 0.4) is 0 Å². The van der Waals surface area contributed by atoms with Crippen molar-refractivity contribution >= 4 is 29.8 Å². The quantitative estimate of drug-likeness (QED) is 0.719. The number of rotatable bonds is 3. The van der Waals surface area contributed by atoms with Gasteiger partial charge in [0.2, 0.25) is 0 Å². The Labute approximate surface area is 96.7 Å². The Morgan fingerprint density at radius 2 is 1.87 bits per heavy atom. The Bertz CT molecular complexity index is 367. The van der Waals surface area contributed by atoms with Gasteiger partial charge >= 0.3 is 0 Å². The third kappa shape index (κ3) is 3.50. The van der Waals surface area contributed by atoms with Crippen LogP contribution in [0.2, 0.25) is 19.6 Å². The Kier molecular flexibility index (Phi) is 3.02. The molecule has 0 heterocycles. The largest absolute Gasteiger partial charge is 0.257 e. The van der Waals surface area contributed by atoms with Crippen molar-refractivity contribution in [3.63, 3.8) is 0 Å². The molecule has 1 saturated carbocycles. The van der Waals surface area contributed by atoms with Crippen molar-refractivity contribution in [2.45, 2.75) is 31.3 Å². The highest BCUT2D eigenvalue weighted by molar-refractivity contribution is 8.29. The zero-order chi connectivity index (χ0) is 10.9. The van der Waals surface area contributed by atoms with E-state index < -0.39 is 7.22 Å². The lowest BCUT2D eigenvalue weighted by Gasteiger charge is -2.13. The van der Waals surface area contributed by atoms with Crippen LogP contribution >= 0.6 is 11.2 Å². The molecule has 1 fully saturated rings. The van der Waals surface area contributed by atoms with Gasteiger partial charge in [-0.2, -0.15) is 11.2 Å². The summed E-state index contributed by atoms with van der Waals surface area (Å²) < 4.78 is 0. The summed E-state index contributed by atoms with van der Waals surface area (Å²) in [5.74, 6) is 0. The Morgan fingerprint density at radius 1 is 1.20 bits per heavy atom. The molecule has 80 valence electrons. The van der Waals surface area contributed by atoms with Crippen LogP contribution in [-0.2, 0) is 0 Å². The topological polar surface area (TPSA) is 12.4 Å². The van der Waals surface area contributed by atoms with Crippen molar-refractivity contribution in [2.75, 3.05) is 0 Å².